The number of anilines is 1. The minimum atomic E-state index is -4.99. The van der Waals surface area contributed by atoms with Crippen LogP contribution in [-0.4, -0.2) is 46.2 Å². The van der Waals surface area contributed by atoms with E-state index >= 15 is 0 Å². The molecule has 42 heavy (non-hydrogen) atoms. The number of nitrogens with one attached hydrogen (secondary N) is 2. The van der Waals surface area contributed by atoms with E-state index in [0.29, 0.717) is 28.0 Å². The number of carbonyl (C=O) groups excluding carboxylic acids is 1. The number of hydrogen-bond donors (Lipinski definition) is 3. The third-order valence-corrected chi connectivity index (χ3v) is 9.35. The van der Waals surface area contributed by atoms with Crippen molar-refractivity contribution in [3.05, 3.63) is 63.2 Å². The highest BCUT2D eigenvalue weighted by molar-refractivity contribution is 7.91. The molecule has 226 valence electrons. The molecule has 1 amide bonds. The van der Waals surface area contributed by atoms with Crippen molar-refractivity contribution < 1.29 is 44.7 Å². The second kappa shape index (κ2) is 10.8. The van der Waals surface area contributed by atoms with Crippen LogP contribution in [0.3, 0.4) is 0 Å². The first-order chi connectivity index (χ1) is 19.2. The van der Waals surface area contributed by atoms with Crippen molar-refractivity contribution in [3.8, 4) is 11.3 Å². The van der Waals surface area contributed by atoms with E-state index in [0.717, 1.165) is 31.3 Å². The summed E-state index contributed by atoms with van der Waals surface area (Å²) in [7, 11) is -4.18. The number of hydrogen-bond acceptors (Lipinski definition) is 7. The van der Waals surface area contributed by atoms with E-state index in [1.807, 2.05) is 0 Å². The van der Waals surface area contributed by atoms with E-state index in [1.54, 1.807) is 0 Å². The summed E-state index contributed by atoms with van der Waals surface area (Å²) in [5.74, 6) is -1.04. The molecule has 4 rings (SSSR count). The smallest absolute Gasteiger partial charge is 0.394 e. The van der Waals surface area contributed by atoms with E-state index in [-0.39, 0.29) is 31.1 Å². The summed E-state index contributed by atoms with van der Waals surface area (Å²) in [5.41, 5.74) is -5.46. The van der Waals surface area contributed by atoms with Gasteiger partial charge in [0.05, 0.1) is 35.3 Å². The zero-order valence-corrected chi connectivity index (χ0v) is 24.0. The maximum absolute atomic E-state index is 13.9. The van der Waals surface area contributed by atoms with Crippen LogP contribution >= 0.6 is 22.9 Å². The average molecular weight is 656 g/mol. The molecule has 18 heteroatoms. The van der Waals surface area contributed by atoms with Crippen molar-refractivity contribution >= 4 is 50.2 Å². The fraction of sp³-hybridized carbons (Fsp3) is 0.292. The number of aliphatic hydroxyl groups is 1. The number of nitrogens with zero attached hydrogens (tertiary/aromatic N) is 3. The van der Waals surface area contributed by atoms with Gasteiger partial charge in [-0.2, -0.15) is 31.4 Å². The molecule has 3 heterocycles. The van der Waals surface area contributed by atoms with Gasteiger partial charge in [0.1, 0.15) is 14.1 Å². The second-order valence-electron chi connectivity index (χ2n) is 9.70. The van der Waals surface area contributed by atoms with Crippen LogP contribution in [0.2, 0.25) is 4.34 Å². The van der Waals surface area contributed by atoms with Gasteiger partial charge in [0.15, 0.2) is 11.3 Å². The van der Waals surface area contributed by atoms with Crippen LogP contribution in [0, 0.1) is 6.92 Å². The number of aliphatic hydroxyl groups excluding tert-OH is 1. The fourth-order valence-electron chi connectivity index (χ4n) is 3.81. The number of carbonyl (C=O) groups is 1. The summed E-state index contributed by atoms with van der Waals surface area (Å²) in [6.45, 7) is 3.48. The number of aromatic nitrogens is 3. The summed E-state index contributed by atoms with van der Waals surface area (Å²) in [6.07, 6.45) is -8.87. The standard InChI is InChI=1S/C24H20ClF6N5O4S2/c1-11-6-12(4-5-14(11)23(26,27)28)15-7-17(24(29,30)31)36-20(33-15)13(9-32-36)21(38)34-16-8-18(41-19(16)25)42(39,40)35-22(2,3)10-37/h4-9,35,37H,10H2,1-3H3,(H,34,38). The van der Waals surface area contributed by atoms with Gasteiger partial charge in [0.2, 0.25) is 0 Å². The Labute approximate surface area is 243 Å². The van der Waals surface area contributed by atoms with Crippen LogP contribution in [0.4, 0.5) is 32.0 Å². The lowest BCUT2D eigenvalue weighted by Gasteiger charge is -2.22. The van der Waals surface area contributed by atoms with Gasteiger partial charge in [-0.3, -0.25) is 4.79 Å². The topological polar surface area (TPSA) is 126 Å². The zero-order chi connectivity index (χ0) is 31.4. The lowest BCUT2D eigenvalue weighted by atomic mass is 10.0. The molecule has 0 spiro atoms. The molecule has 0 radical (unpaired) electrons. The lowest BCUT2D eigenvalue weighted by Crippen LogP contribution is -2.45. The van der Waals surface area contributed by atoms with Crippen molar-refractivity contribution in [1.29, 1.82) is 0 Å². The molecule has 3 aromatic heterocycles. The van der Waals surface area contributed by atoms with Crippen molar-refractivity contribution in [1.82, 2.24) is 19.3 Å². The Hall–Kier alpha value is -3.25. The van der Waals surface area contributed by atoms with E-state index in [9.17, 15) is 44.7 Å². The molecular formula is C24H20ClF6N5O4S2. The second-order valence-corrected chi connectivity index (χ2v) is 13.3. The van der Waals surface area contributed by atoms with Crippen LogP contribution < -0.4 is 10.0 Å². The Bertz CT molecular complexity index is 1800. The van der Waals surface area contributed by atoms with Gasteiger partial charge in [0.25, 0.3) is 15.9 Å². The van der Waals surface area contributed by atoms with Gasteiger partial charge in [-0.1, -0.05) is 17.7 Å². The van der Waals surface area contributed by atoms with Gasteiger partial charge in [0, 0.05) is 5.56 Å². The Kier molecular flexibility index (Phi) is 8.14. The van der Waals surface area contributed by atoms with Crippen molar-refractivity contribution in [2.75, 3.05) is 11.9 Å². The highest BCUT2D eigenvalue weighted by Gasteiger charge is 2.37. The van der Waals surface area contributed by atoms with Crippen LogP contribution in [0.5, 0.6) is 0 Å². The molecule has 0 bridgehead atoms. The van der Waals surface area contributed by atoms with Crippen LogP contribution in [0.15, 0.2) is 40.7 Å². The Morgan fingerprint density at radius 1 is 1.10 bits per heavy atom. The van der Waals surface area contributed by atoms with Crippen molar-refractivity contribution in [2.45, 2.75) is 42.9 Å². The number of sulfonamides is 1. The number of halogens is 7. The van der Waals surface area contributed by atoms with E-state index in [1.165, 1.54) is 13.8 Å². The summed E-state index contributed by atoms with van der Waals surface area (Å²) in [5, 5.41) is 15.3. The van der Waals surface area contributed by atoms with E-state index in [4.69, 9.17) is 11.6 Å². The SMILES string of the molecule is Cc1cc(-c2cc(C(F)(F)F)n3ncc(C(=O)Nc4cc(S(=O)(=O)NC(C)(C)CO)sc4Cl)c3n2)ccc1C(F)(F)F. The highest BCUT2D eigenvalue weighted by atomic mass is 35.5. The van der Waals surface area contributed by atoms with Crippen molar-refractivity contribution in [2.24, 2.45) is 0 Å². The predicted molar refractivity (Wildman–Crippen MR) is 142 cm³/mol. The predicted octanol–water partition coefficient (Wildman–Crippen LogP) is 5.76. The van der Waals surface area contributed by atoms with Crippen LogP contribution in [0.1, 0.15) is 41.0 Å². The Balaban J connectivity index is 1.76. The first-order valence-corrected chi connectivity index (χ1v) is 14.3. The lowest BCUT2D eigenvalue weighted by molar-refractivity contribution is -0.142. The molecule has 0 atom stereocenters. The third kappa shape index (κ3) is 6.39. The minimum Gasteiger partial charge on any atom is -0.394 e. The average Bonchev–Trinajstić information content (AvgIpc) is 3.45. The molecule has 4 aromatic rings. The molecule has 0 aliphatic carbocycles. The zero-order valence-electron chi connectivity index (χ0n) is 21.6. The molecule has 3 N–H and O–H groups in total. The number of benzene rings is 1. The number of aryl methyl sites for hydroxylation is 1. The van der Waals surface area contributed by atoms with Gasteiger partial charge < -0.3 is 10.4 Å². The molecule has 0 aliphatic heterocycles. The van der Waals surface area contributed by atoms with Gasteiger partial charge in [-0.15, -0.1) is 11.3 Å². The maximum atomic E-state index is 13.9. The Morgan fingerprint density at radius 3 is 2.33 bits per heavy atom. The summed E-state index contributed by atoms with van der Waals surface area (Å²) < 4.78 is 109. The molecule has 0 saturated heterocycles. The van der Waals surface area contributed by atoms with Crippen LogP contribution in [-0.2, 0) is 22.4 Å². The normalized spacial score (nSPS) is 13.1. The molecule has 0 saturated carbocycles. The Morgan fingerprint density at radius 2 is 1.76 bits per heavy atom. The number of alkyl halides is 6. The molecule has 9 nitrogen and oxygen atoms in total. The molecule has 1 aromatic carbocycles. The maximum Gasteiger partial charge on any atom is 0.433 e. The number of rotatable bonds is 7. The van der Waals surface area contributed by atoms with Crippen molar-refractivity contribution in [3.63, 3.8) is 0 Å². The quantitative estimate of drug-likeness (QED) is 0.218. The van der Waals surface area contributed by atoms with Crippen LogP contribution in [0.25, 0.3) is 16.9 Å². The minimum absolute atomic E-state index is 0.0740. The highest BCUT2D eigenvalue weighted by Crippen LogP contribution is 2.38. The largest absolute Gasteiger partial charge is 0.433 e. The van der Waals surface area contributed by atoms with Gasteiger partial charge in [-0.25, -0.2) is 22.6 Å². The van der Waals surface area contributed by atoms with Gasteiger partial charge in [-0.05, 0) is 50.6 Å². The summed E-state index contributed by atoms with van der Waals surface area (Å²) in [4.78, 5) is 17.2. The third-order valence-electron chi connectivity index (χ3n) is 5.82. The fourth-order valence-corrected chi connectivity index (χ4v) is 6.86. The molecular weight excluding hydrogens is 636 g/mol. The number of fused-ring (bicyclic) bond motifs is 1. The summed E-state index contributed by atoms with van der Waals surface area (Å²) >= 11 is 6.70. The summed E-state index contributed by atoms with van der Waals surface area (Å²) in [6, 6.07) is 4.32. The molecule has 0 unspecified atom stereocenters. The molecule has 0 fully saturated rings. The number of thiophene rings is 1. The first-order valence-electron chi connectivity index (χ1n) is 11.6. The number of amides is 1. The van der Waals surface area contributed by atoms with E-state index < -0.39 is 62.9 Å². The first kappa shape index (κ1) is 31.7. The van der Waals surface area contributed by atoms with E-state index in [2.05, 4.69) is 20.1 Å². The molecule has 0 aliphatic rings. The van der Waals surface area contributed by atoms with Gasteiger partial charge >= 0.3 is 12.4 Å². The monoisotopic (exact) mass is 655 g/mol.